The Morgan fingerprint density at radius 1 is 1.60 bits per heavy atom. The van der Waals surface area contributed by atoms with E-state index in [9.17, 15) is 9.59 Å². The molecule has 1 atom stereocenters. The molecule has 0 spiro atoms. The van der Waals surface area contributed by atoms with Crippen LogP contribution >= 0.6 is 15.9 Å². The van der Waals surface area contributed by atoms with E-state index in [2.05, 4.69) is 15.9 Å². The van der Waals surface area contributed by atoms with Crippen LogP contribution in [0.5, 0.6) is 5.75 Å². The van der Waals surface area contributed by atoms with Gasteiger partial charge in [0.05, 0.1) is 5.56 Å². The summed E-state index contributed by atoms with van der Waals surface area (Å²) >= 11 is 3.21. The van der Waals surface area contributed by atoms with Crippen LogP contribution in [0.15, 0.2) is 22.7 Å². The lowest BCUT2D eigenvalue weighted by Crippen LogP contribution is -2.23. The van der Waals surface area contributed by atoms with E-state index in [1.54, 1.807) is 18.2 Å². The first-order valence-electron chi connectivity index (χ1n) is 4.18. The standard InChI is InChI=1S/C10H9BrO4/c1-6(10(13)14)15-9-4-8(11)3-2-7(9)5-12/h2-6H,1H3,(H,13,14). The minimum atomic E-state index is -1.08. The molecule has 0 aromatic heterocycles. The van der Waals surface area contributed by atoms with E-state index in [4.69, 9.17) is 9.84 Å². The highest BCUT2D eigenvalue weighted by Gasteiger charge is 2.14. The zero-order valence-corrected chi connectivity index (χ0v) is 9.52. The van der Waals surface area contributed by atoms with E-state index >= 15 is 0 Å². The number of aldehydes is 1. The van der Waals surface area contributed by atoms with E-state index < -0.39 is 12.1 Å². The Morgan fingerprint density at radius 2 is 2.27 bits per heavy atom. The molecule has 0 radical (unpaired) electrons. The summed E-state index contributed by atoms with van der Waals surface area (Å²) in [6.07, 6.45) is -0.367. The van der Waals surface area contributed by atoms with Gasteiger partial charge in [-0.3, -0.25) is 4.79 Å². The fourth-order valence-corrected chi connectivity index (χ4v) is 1.29. The number of rotatable bonds is 4. The summed E-state index contributed by atoms with van der Waals surface area (Å²) in [6.45, 7) is 1.40. The Morgan fingerprint density at radius 3 is 2.80 bits per heavy atom. The maximum atomic E-state index is 10.6. The SMILES string of the molecule is CC(Oc1cc(Br)ccc1C=O)C(=O)O. The van der Waals surface area contributed by atoms with E-state index in [-0.39, 0.29) is 5.75 Å². The molecule has 0 amide bonds. The quantitative estimate of drug-likeness (QED) is 0.853. The van der Waals surface area contributed by atoms with Crippen molar-refractivity contribution in [2.24, 2.45) is 0 Å². The predicted molar refractivity (Wildman–Crippen MR) is 57.3 cm³/mol. The van der Waals surface area contributed by atoms with Crippen molar-refractivity contribution in [3.63, 3.8) is 0 Å². The Bertz CT molecular complexity index is 389. The maximum absolute atomic E-state index is 10.6. The molecule has 5 heteroatoms. The molecule has 1 aromatic rings. The molecule has 0 aliphatic heterocycles. The lowest BCUT2D eigenvalue weighted by Gasteiger charge is -2.12. The summed E-state index contributed by atoms with van der Waals surface area (Å²) in [5, 5.41) is 8.65. The third-order valence-electron chi connectivity index (χ3n) is 1.75. The van der Waals surface area contributed by atoms with Crippen LogP contribution in [0.2, 0.25) is 0 Å². The fourth-order valence-electron chi connectivity index (χ4n) is 0.948. The summed E-state index contributed by atoms with van der Waals surface area (Å²) in [5.74, 6) is -0.818. The van der Waals surface area contributed by atoms with E-state index in [1.165, 1.54) is 6.92 Å². The molecule has 1 aromatic carbocycles. The van der Waals surface area contributed by atoms with Crippen LogP contribution in [0.4, 0.5) is 0 Å². The molecular weight excluding hydrogens is 264 g/mol. The van der Waals surface area contributed by atoms with Gasteiger partial charge in [-0.25, -0.2) is 4.79 Å². The Kier molecular flexibility index (Phi) is 3.85. The molecule has 1 rings (SSSR count). The summed E-state index contributed by atoms with van der Waals surface area (Å²) < 4.78 is 5.84. The third-order valence-corrected chi connectivity index (χ3v) is 2.25. The van der Waals surface area contributed by atoms with Crippen molar-refractivity contribution in [3.05, 3.63) is 28.2 Å². The summed E-state index contributed by atoms with van der Waals surface area (Å²) in [7, 11) is 0. The molecule has 1 unspecified atom stereocenters. The first kappa shape index (κ1) is 11.7. The number of hydrogen-bond donors (Lipinski definition) is 1. The van der Waals surface area contributed by atoms with Gasteiger partial charge in [-0.1, -0.05) is 15.9 Å². The Labute approximate surface area is 95.0 Å². The second-order valence-electron chi connectivity index (χ2n) is 2.90. The average Bonchev–Trinajstić information content (AvgIpc) is 2.18. The predicted octanol–water partition coefficient (Wildman–Crippen LogP) is 2.11. The first-order chi connectivity index (χ1) is 7.04. The van der Waals surface area contributed by atoms with Gasteiger partial charge in [0, 0.05) is 4.47 Å². The monoisotopic (exact) mass is 272 g/mol. The molecule has 0 aliphatic carbocycles. The van der Waals surface area contributed by atoms with E-state index in [0.717, 1.165) is 4.47 Å². The smallest absolute Gasteiger partial charge is 0.344 e. The van der Waals surface area contributed by atoms with E-state index in [1.807, 2.05) is 0 Å². The number of carbonyl (C=O) groups is 2. The van der Waals surface area contributed by atoms with Crippen molar-refractivity contribution in [1.82, 2.24) is 0 Å². The van der Waals surface area contributed by atoms with Crippen molar-refractivity contribution in [2.75, 3.05) is 0 Å². The van der Waals surface area contributed by atoms with Crippen molar-refractivity contribution in [1.29, 1.82) is 0 Å². The van der Waals surface area contributed by atoms with Gasteiger partial charge < -0.3 is 9.84 Å². The van der Waals surface area contributed by atoms with Gasteiger partial charge in [0.2, 0.25) is 0 Å². The van der Waals surface area contributed by atoms with Crippen LogP contribution in [-0.2, 0) is 4.79 Å². The number of ether oxygens (including phenoxy) is 1. The number of carboxylic acid groups (broad SMARTS) is 1. The lowest BCUT2D eigenvalue weighted by molar-refractivity contribution is -0.144. The summed E-state index contributed by atoms with van der Waals surface area (Å²) in [6, 6.07) is 4.80. The van der Waals surface area contributed by atoms with E-state index in [0.29, 0.717) is 11.8 Å². The Balaban J connectivity index is 2.96. The van der Waals surface area contributed by atoms with Crippen LogP contribution in [0.25, 0.3) is 0 Å². The largest absolute Gasteiger partial charge is 0.479 e. The highest BCUT2D eigenvalue weighted by Crippen LogP contribution is 2.23. The van der Waals surface area contributed by atoms with Crippen molar-refractivity contribution in [3.8, 4) is 5.75 Å². The Hall–Kier alpha value is -1.36. The van der Waals surface area contributed by atoms with Gasteiger partial charge in [-0.05, 0) is 25.1 Å². The number of halogens is 1. The molecule has 80 valence electrons. The van der Waals surface area contributed by atoms with Gasteiger partial charge in [0.1, 0.15) is 5.75 Å². The minimum absolute atomic E-state index is 0.259. The molecule has 0 bridgehead atoms. The number of aliphatic carboxylic acids is 1. The zero-order chi connectivity index (χ0) is 11.4. The number of benzene rings is 1. The molecular formula is C10H9BrO4. The fraction of sp³-hybridized carbons (Fsp3) is 0.200. The molecule has 0 aliphatic rings. The summed E-state index contributed by atoms with van der Waals surface area (Å²) in [4.78, 5) is 21.2. The summed E-state index contributed by atoms with van der Waals surface area (Å²) in [5.41, 5.74) is 0.325. The molecule has 15 heavy (non-hydrogen) atoms. The number of hydrogen-bond acceptors (Lipinski definition) is 3. The van der Waals surface area contributed by atoms with Gasteiger partial charge in [-0.15, -0.1) is 0 Å². The second kappa shape index (κ2) is 4.93. The maximum Gasteiger partial charge on any atom is 0.344 e. The van der Waals surface area contributed by atoms with Gasteiger partial charge in [-0.2, -0.15) is 0 Å². The van der Waals surface area contributed by atoms with Crippen molar-refractivity contribution < 1.29 is 19.4 Å². The van der Waals surface area contributed by atoms with Crippen molar-refractivity contribution in [2.45, 2.75) is 13.0 Å². The van der Waals surface area contributed by atoms with Gasteiger partial charge >= 0.3 is 5.97 Å². The molecule has 0 saturated carbocycles. The normalized spacial score (nSPS) is 11.9. The van der Waals surface area contributed by atoms with Crippen LogP contribution in [0.1, 0.15) is 17.3 Å². The first-order valence-corrected chi connectivity index (χ1v) is 4.98. The second-order valence-corrected chi connectivity index (χ2v) is 3.81. The average molecular weight is 273 g/mol. The minimum Gasteiger partial charge on any atom is -0.479 e. The highest BCUT2D eigenvalue weighted by molar-refractivity contribution is 9.10. The number of carboxylic acids is 1. The van der Waals surface area contributed by atoms with Crippen LogP contribution in [0, 0.1) is 0 Å². The topological polar surface area (TPSA) is 63.6 Å². The molecule has 1 N–H and O–H groups in total. The number of carbonyl (C=O) groups excluding carboxylic acids is 1. The van der Waals surface area contributed by atoms with Crippen LogP contribution in [-0.4, -0.2) is 23.5 Å². The van der Waals surface area contributed by atoms with Crippen LogP contribution < -0.4 is 4.74 Å². The molecule has 0 heterocycles. The highest BCUT2D eigenvalue weighted by atomic mass is 79.9. The lowest BCUT2D eigenvalue weighted by atomic mass is 10.2. The van der Waals surface area contributed by atoms with Gasteiger partial charge in [0.25, 0.3) is 0 Å². The third kappa shape index (κ3) is 3.06. The van der Waals surface area contributed by atoms with Crippen molar-refractivity contribution >= 4 is 28.2 Å². The molecule has 0 fully saturated rings. The van der Waals surface area contributed by atoms with Crippen LogP contribution in [0.3, 0.4) is 0 Å². The molecule has 4 nitrogen and oxygen atoms in total. The zero-order valence-electron chi connectivity index (χ0n) is 7.94. The van der Waals surface area contributed by atoms with Gasteiger partial charge in [0.15, 0.2) is 12.4 Å². The molecule has 0 saturated heterocycles.